The number of benzene rings is 1. The number of aliphatic carboxylic acids is 1. The first-order valence-electron chi connectivity index (χ1n) is 13.2. The Hall–Kier alpha value is -3.40. The van der Waals surface area contributed by atoms with E-state index < -0.39 is 47.9 Å². The SMILES string of the molecule is CC(C)CC(NC(=O)C(CC(C)C)NC(=O)C(NC(=O)C(N)Cc1c[nH]c2ccccc12)C(C)C)C(=O)O. The van der Waals surface area contributed by atoms with Gasteiger partial charge in [0.1, 0.15) is 18.1 Å². The van der Waals surface area contributed by atoms with Gasteiger partial charge >= 0.3 is 5.97 Å². The van der Waals surface area contributed by atoms with E-state index in [-0.39, 0.29) is 30.6 Å². The third-order valence-electron chi connectivity index (χ3n) is 6.36. The Morgan fingerprint density at radius 2 is 1.42 bits per heavy atom. The zero-order chi connectivity index (χ0) is 28.6. The minimum Gasteiger partial charge on any atom is -0.480 e. The molecule has 3 amide bonds. The van der Waals surface area contributed by atoms with E-state index in [0.29, 0.717) is 6.42 Å². The molecule has 2 rings (SSSR count). The summed E-state index contributed by atoms with van der Waals surface area (Å²) in [5.41, 5.74) is 8.06. The molecule has 10 heteroatoms. The van der Waals surface area contributed by atoms with Crippen molar-refractivity contribution >= 4 is 34.6 Å². The summed E-state index contributed by atoms with van der Waals surface area (Å²) >= 11 is 0. The molecule has 4 unspecified atom stereocenters. The van der Waals surface area contributed by atoms with Crippen molar-refractivity contribution in [1.29, 1.82) is 0 Å². The van der Waals surface area contributed by atoms with Crippen LogP contribution in [0.1, 0.15) is 59.9 Å². The summed E-state index contributed by atoms with van der Waals surface area (Å²) in [5.74, 6) is -2.86. The molecular formula is C28H43N5O5. The van der Waals surface area contributed by atoms with Gasteiger partial charge in [-0.2, -0.15) is 0 Å². The summed E-state index contributed by atoms with van der Waals surface area (Å²) in [6.07, 6.45) is 2.68. The summed E-state index contributed by atoms with van der Waals surface area (Å²) in [7, 11) is 0. The number of rotatable bonds is 14. The van der Waals surface area contributed by atoms with Crippen LogP contribution >= 0.6 is 0 Å². The predicted molar refractivity (Wildman–Crippen MR) is 147 cm³/mol. The number of H-pyrrole nitrogens is 1. The molecule has 38 heavy (non-hydrogen) atoms. The number of hydrogen-bond acceptors (Lipinski definition) is 5. The highest BCUT2D eigenvalue weighted by molar-refractivity contribution is 5.94. The second kappa shape index (κ2) is 13.9. The van der Waals surface area contributed by atoms with Crippen LogP contribution in [0.5, 0.6) is 0 Å². The first kappa shape index (κ1) is 30.8. The van der Waals surface area contributed by atoms with E-state index >= 15 is 0 Å². The molecule has 1 aromatic heterocycles. The van der Waals surface area contributed by atoms with Crippen LogP contribution in [0.15, 0.2) is 30.5 Å². The number of aromatic amines is 1. The van der Waals surface area contributed by atoms with Gasteiger partial charge in [0.2, 0.25) is 17.7 Å². The lowest BCUT2D eigenvalue weighted by Gasteiger charge is -2.28. The Bertz CT molecular complexity index is 1110. The summed E-state index contributed by atoms with van der Waals surface area (Å²) in [6, 6.07) is 3.90. The van der Waals surface area contributed by atoms with Gasteiger partial charge in [-0.1, -0.05) is 59.7 Å². The van der Waals surface area contributed by atoms with Crippen LogP contribution in [0.25, 0.3) is 10.9 Å². The molecular weight excluding hydrogens is 486 g/mol. The van der Waals surface area contributed by atoms with Crippen molar-refractivity contribution in [2.75, 3.05) is 0 Å². The van der Waals surface area contributed by atoms with Crippen molar-refractivity contribution in [3.05, 3.63) is 36.0 Å². The highest BCUT2D eigenvalue weighted by Gasteiger charge is 2.32. The van der Waals surface area contributed by atoms with E-state index in [0.717, 1.165) is 16.5 Å². The molecule has 0 aliphatic carbocycles. The van der Waals surface area contributed by atoms with Crippen molar-refractivity contribution < 1.29 is 24.3 Å². The van der Waals surface area contributed by atoms with Gasteiger partial charge < -0.3 is 31.8 Å². The summed E-state index contributed by atoms with van der Waals surface area (Å²) in [4.78, 5) is 54.1. The smallest absolute Gasteiger partial charge is 0.326 e. The molecule has 7 N–H and O–H groups in total. The van der Waals surface area contributed by atoms with Crippen LogP contribution in [0, 0.1) is 17.8 Å². The fraction of sp³-hybridized carbons (Fsp3) is 0.571. The van der Waals surface area contributed by atoms with E-state index in [4.69, 9.17) is 5.73 Å². The van der Waals surface area contributed by atoms with Crippen molar-refractivity contribution in [2.24, 2.45) is 23.5 Å². The van der Waals surface area contributed by atoms with Crippen LogP contribution in [-0.2, 0) is 25.6 Å². The normalized spacial score (nSPS) is 14.8. The van der Waals surface area contributed by atoms with E-state index in [1.807, 2.05) is 58.2 Å². The average Bonchev–Trinajstić information content (AvgIpc) is 3.23. The maximum Gasteiger partial charge on any atom is 0.326 e. The lowest BCUT2D eigenvalue weighted by molar-refractivity contribution is -0.143. The fourth-order valence-corrected chi connectivity index (χ4v) is 4.35. The molecule has 0 bridgehead atoms. The van der Waals surface area contributed by atoms with Crippen LogP contribution in [0.2, 0.25) is 0 Å². The lowest BCUT2D eigenvalue weighted by Crippen LogP contribution is -2.58. The number of nitrogens with one attached hydrogen (secondary N) is 4. The van der Waals surface area contributed by atoms with Gasteiger partial charge in [-0.25, -0.2) is 4.79 Å². The zero-order valence-electron chi connectivity index (χ0n) is 23.2. The monoisotopic (exact) mass is 529 g/mol. The summed E-state index contributed by atoms with van der Waals surface area (Å²) in [6.45, 7) is 11.1. The van der Waals surface area contributed by atoms with Gasteiger partial charge in [-0.3, -0.25) is 14.4 Å². The van der Waals surface area contributed by atoms with Crippen LogP contribution < -0.4 is 21.7 Å². The summed E-state index contributed by atoms with van der Waals surface area (Å²) in [5, 5.41) is 18.5. The van der Waals surface area contributed by atoms with Gasteiger partial charge in [-0.15, -0.1) is 0 Å². The van der Waals surface area contributed by atoms with Crippen LogP contribution in [0.4, 0.5) is 0 Å². The molecule has 0 fully saturated rings. The molecule has 0 aliphatic rings. The van der Waals surface area contributed by atoms with Crippen LogP contribution in [0.3, 0.4) is 0 Å². The Morgan fingerprint density at radius 1 is 0.842 bits per heavy atom. The van der Waals surface area contributed by atoms with Gasteiger partial charge in [0.05, 0.1) is 6.04 Å². The first-order chi connectivity index (χ1) is 17.8. The van der Waals surface area contributed by atoms with Gasteiger partial charge in [0, 0.05) is 17.1 Å². The standard InChI is InChI=1S/C28H43N5O5/c1-15(2)11-22(26(35)32-23(28(37)38)12-16(3)4)31-27(36)24(17(5)6)33-25(34)20(29)13-18-14-30-21-10-8-7-9-19(18)21/h7-10,14-17,20,22-24,30H,11-13,29H2,1-6H3,(H,31,36)(H,32,35)(H,33,34)(H,37,38). The Balaban J connectivity index is 2.10. The number of carbonyl (C=O) groups excluding carboxylic acids is 3. The van der Waals surface area contributed by atoms with Gasteiger partial charge in [0.25, 0.3) is 0 Å². The van der Waals surface area contributed by atoms with E-state index in [1.165, 1.54) is 0 Å². The molecule has 0 saturated heterocycles. The number of carbonyl (C=O) groups is 4. The highest BCUT2D eigenvalue weighted by Crippen LogP contribution is 2.19. The Kier molecular flexibility index (Phi) is 11.3. The topological polar surface area (TPSA) is 166 Å². The summed E-state index contributed by atoms with van der Waals surface area (Å²) < 4.78 is 0. The molecule has 1 aromatic carbocycles. The number of hydrogen-bond donors (Lipinski definition) is 6. The fourth-order valence-electron chi connectivity index (χ4n) is 4.35. The molecule has 1 heterocycles. The van der Waals surface area contributed by atoms with Crippen molar-refractivity contribution in [1.82, 2.24) is 20.9 Å². The number of carboxylic acids is 1. The maximum absolute atomic E-state index is 13.3. The molecule has 4 atom stereocenters. The number of para-hydroxylation sites is 1. The predicted octanol–water partition coefficient (Wildman–Crippen LogP) is 2.32. The Morgan fingerprint density at radius 3 is 2.00 bits per heavy atom. The third-order valence-corrected chi connectivity index (χ3v) is 6.36. The van der Waals surface area contributed by atoms with Gasteiger partial charge in [0.15, 0.2) is 0 Å². The molecule has 0 saturated carbocycles. The molecule has 10 nitrogen and oxygen atoms in total. The zero-order valence-corrected chi connectivity index (χ0v) is 23.2. The highest BCUT2D eigenvalue weighted by atomic mass is 16.4. The third kappa shape index (κ3) is 8.86. The minimum atomic E-state index is -1.13. The molecule has 0 aliphatic heterocycles. The van der Waals surface area contributed by atoms with Crippen molar-refractivity contribution in [3.8, 4) is 0 Å². The lowest BCUT2D eigenvalue weighted by atomic mass is 9.98. The molecule has 0 radical (unpaired) electrons. The molecule has 0 spiro atoms. The van der Waals surface area contributed by atoms with Crippen molar-refractivity contribution in [2.45, 2.75) is 85.0 Å². The van der Waals surface area contributed by atoms with E-state index in [9.17, 15) is 24.3 Å². The molecule has 2 aromatic rings. The quantitative estimate of drug-likeness (QED) is 0.220. The van der Waals surface area contributed by atoms with E-state index in [2.05, 4.69) is 20.9 Å². The van der Waals surface area contributed by atoms with Crippen molar-refractivity contribution in [3.63, 3.8) is 0 Å². The number of aromatic nitrogens is 1. The average molecular weight is 530 g/mol. The number of carboxylic acid groups (broad SMARTS) is 1. The van der Waals surface area contributed by atoms with Crippen LogP contribution in [-0.4, -0.2) is 57.9 Å². The number of fused-ring (bicyclic) bond motifs is 1. The second-order valence-corrected chi connectivity index (χ2v) is 11.1. The van der Waals surface area contributed by atoms with E-state index in [1.54, 1.807) is 13.8 Å². The Labute approximate surface area is 224 Å². The minimum absolute atomic E-state index is 0.0520. The molecule has 210 valence electrons. The van der Waals surface area contributed by atoms with Gasteiger partial charge in [-0.05, 0) is 48.6 Å². The second-order valence-electron chi connectivity index (χ2n) is 11.1. The first-order valence-corrected chi connectivity index (χ1v) is 13.2. The largest absolute Gasteiger partial charge is 0.480 e. The number of amides is 3. The maximum atomic E-state index is 13.3. The number of nitrogens with two attached hydrogens (primary N) is 1.